The monoisotopic (exact) mass is 308 g/mol. The standard InChI is InChI=1S/C13H12N2O3S2/c1-20(16,17)18-15-13-8-7-12(19-13)11(9-14)10-5-3-2-4-6-10/h2-8,11-12H,1H3. The van der Waals surface area contributed by atoms with Crippen LogP contribution in [0.25, 0.3) is 0 Å². The Bertz CT molecular complexity index is 675. The lowest BCUT2D eigenvalue weighted by Gasteiger charge is -2.14. The molecule has 5 nitrogen and oxygen atoms in total. The van der Waals surface area contributed by atoms with Gasteiger partial charge in [-0.3, -0.25) is 4.28 Å². The summed E-state index contributed by atoms with van der Waals surface area (Å²) in [5.41, 5.74) is 0.919. The second kappa shape index (κ2) is 6.11. The summed E-state index contributed by atoms with van der Waals surface area (Å²) in [4.78, 5) is 0. The maximum atomic E-state index is 10.9. The van der Waals surface area contributed by atoms with Gasteiger partial charge >= 0.3 is 10.1 Å². The smallest absolute Gasteiger partial charge is 0.268 e. The van der Waals surface area contributed by atoms with Crippen molar-refractivity contribution < 1.29 is 12.7 Å². The second-order valence-corrected chi connectivity index (χ2v) is 6.92. The van der Waals surface area contributed by atoms with E-state index in [0.29, 0.717) is 5.04 Å². The molecule has 2 atom stereocenters. The van der Waals surface area contributed by atoms with Crippen molar-refractivity contribution in [2.75, 3.05) is 6.26 Å². The van der Waals surface area contributed by atoms with E-state index in [2.05, 4.69) is 15.5 Å². The molecule has 0 saturated heterocycles. The molecular formula is C13H12N2O3S2. The van der Waals surface area contributed by atoms with Gasteiger partial charge in [-0.2, -0.15) is 13.7 Å². The van der Waals surface area contributed by atoms with Crippen LogP contribution >= 0.6 is 11.8 Å². The molecule has 1 aromatic rings. The molecule has 0 aromatic heterocycles. The lowest BCUT2D eigenvalue weighted by molar-refractivity contribution is 0.345. The molecule has 0 spiro atoms. The van der Waals surface area contributed by atoms with E-state index in [1.54, 1.807) is 6.08 Å². The van der Waals surface area contributed by atoms with Gasteiger partial charge in [-0.25, -0.2) is 0 Å². The molecule has 104 valence electrons. The summed E-state index contributed by atoms with van der Waals surface area (Å²) >= 11 is 1.31. The van der Waals surface area contributed by atoms with E-state index in [4.69, 9.17) is 0 Å². The zero-order valence-electron chi connectivity index (χ0n) is 10.6. The minimum atomic E-state index is -3.61. The number of hydrogen-bond acceptors (Lipinski definition) is 6. The first kappa shape index (κ1) is 14.6. The van der Waals surface area contributed by atoms with Crippen LogP contribution in [-0.4, -0.2) is 25.0 Å². The van der Waals surface area contributed by atoms with E-state index in [0.717, 1.165) is 11.8 Å². The van der Waals surface area contributed by atoms with Crippen molar-refractivity contribution in [3.05, 3.63) is 48.0 Å². The molecule has 0 radical (unpaired) electrons. The van der Waals surface area contributed by atoms with Gasteiger partial charge < -0.3 is 0 Å². The van der Waals surface area contributed by atoms with Gasteiger partial charge in [0.25, 0.3) is 0 Å². The maximum absolute atomic E-state index is 10.9. The summed E-state index contributed by atoms with van der Waals surface area (Å²) in [6.45, 7) is 0. The zero-order valence-corrected chi connectivity index (χ0v) is 12.3. The van der Waals surface area contributed by atoms with E-state index < -0.39 is 10.1 Å². The van der Waals surface area contributed by atoms with E-state index >= 15 is 0 Å². The summed E-state index contributed by atoms with van der Waals surface area (Å²) in [7, 11) is -3.61. The van der Waals surface area contributed by atoms with Crippen LogP contribution in [-0.2, 0) is 14.4 Å². The number of rotatable bonds is 4. The highest BCUT2D eigenvalue weighted by molar-refractivity contribution is 8.15. The highest BCUT2D eigenvalue weighted by Gasteiger charge is 2.27. The van der Waals surface area contributed by atoms with Crippen molar-refractivity contribution in [3.8, 4) is 6.07 Å². The topological polar surface area (TPSA) is 79.5 Å². The Hall–Kier alpha value is -1.78. The number of nitrogens with zero attached hydrogens (tertiary/aromatic N) is 2. The highest BCUT2D eigenvalue weighted by atomic mass is 32.2. The molecule has 1 aliphatic rings. The van der Waals surface area contributed by atoms with Gasteiger partial charge in [-0.05, 0) is 11.6 Å². The van der Waals surface area contributed by atoms with Crippen molar-refractivity contribution in [3.63, 3.8) is 0 Å². The first-order valence-corrected chi connectivity index (χ1v) is 8.45. The van der Waals surface area contributed by atoms with Crippen LogP contribution in [0.3, 0.4) is 0 Å². The number of oxime groups is 1. The van der Waals surface area contributed by atoms with E-state index in [9.17, 15) is 13.7 Å². The fourth-order valence-electron chi connectivity index (χ4n) is 1.73. The fourth-order valence-corrected chi connectivity index (χ4v) is 3.02. The molecule has 0 aliphatic carbocycles. The Kier molecular flexibility index (Phi) is 4.47. The molecule has 2 rings (SSSR count). The maximum Gasteiger partial charge on any atom is 0.325 e. The van der Waals surface area contributed by atoms with Crippen LogP contribution in [0.2, 0.25) is 0 Å². The Morgan fingerprint density at radius 2 is 2.10 bits per heavy atom. The lowest BCUT2D eigenvalue weighted by atomic mass is 9.97. The molecule has 0 fully saturated rings. The van der Waals surface area contributed by atoms with Gasteiger partial charge in [-0.1, -0.05) is 53.3 Å². The van der Waals surface area contributed by atoms with Crippen molar-refractivity contribution >= 4 is 26.9 Å². The molecule has 0 saturated carbocycles. The van der Waals surface area contributed by atoms with Crippen LogP contribution in [0.4, 0.5) is 0 Å². The second-order valence-electron chi connectivity index (χ2n) is 4.17. The number of thioether (sulfide) groups is 1. The minimum absolute atomic E-state index is 0.107. The summed E-state index contributed by atoms with van der Waals surface area (Å²) in [5, 5.41) is 13.2. The lowest BCUT2D eigenvalue weighted by Crippen LogP contribution is -2.10. The quantitative estimate of drug-likeness (QED) is 0.797. The Morgan fingerprint density at radius 1 is 1.40 bits per heavy atom. The Morgan fingerprint density at radius 3 is 2.70 bits per heavy atom. The SMILES string of the molecule is CS(=O)(=O)ON=C1C=CC(C(C#N)c2ccccc2)S1. The predicted octanol–water partition coefficient (Wildman–Crippen LogP) is 2.26. The Balaban J connectivity index is 2.10. The average molecular weight is 308 g/mol. The minimum Gasteiger partial charge on any atom is -0.268 e. The number of benzene rings is 1. The summed E-state index contributed by atoms with van der Waals surface area (Å²) in [6, 6.07) is 11.7. The molecule has 2 unspecified atom stereocenters. The third kappa shape index (κ3) is 3.85. The Labute approximate surface area is 122 Å². The summed E-state index contributed by atoms with van der Waals surface area (Å²) in [5.74, 6) is -0.316. The van der Waals surface area contributed by atoms with Gasteiger partial charge in [0, 0.05) is 5.25 Å². The third-order valence-corrected chi connectivity index (χ3v) is 4.07. The average Bonchev–Trinajstić information content (AvgIpc) is 2.87. The molecule has 1 aliphatic heterocycles. The largest absolute Gasteiger partial charge is 0.325 e. The first-order valence-electron chi connectivity index (χ1n) is 5.75. The van der Waals surface area contributed by atoms with Crippen LogP contribution < -0.4 is 0 Å². The van der Waals surface area contributed by atoms with Crippen molar-refractivity contribution in [2.45, 2.75) is 11.2 Å². The van der Waals surface area contributed by atoms with Crippen LogP contribution in [0, 0.1) is 11.3 Å². The third-order valence-electron chi connectivity index (χ3n) is 2.57. The van der Waals surface area contributed by atoms with E-state index in [1.165, 1.54) is 11.8 Å². The van der Waals surface area contributed by atoms with Crippen LogP contribution in [0.5, 0.6) is 0 Å². The van der Waals surface area contributed by atoms with Crippen LogP contribution in [0.1, 0.15) is 11.5 Å². The van der Waals surface area contributed by atoms with Crippen molar-refractivity contribution in [1.82, 2.24) is 0 Å². The van der Waals surface area contributed by atoms with E-state index in [1.807, 2.05) is 36.4 Å². The van der Waals surface area contributed by atoms with Crippen molar-refractivity contribution in [1.29, 1.82) is 5.26 Å². The molecule has 0 bridgehead atoms. The van der Waals surface area contributed by atoms with Gasteiger partial charge in [0.1, 0.15) is 5.04 Å². The van der Waals surface area contributed by atoms with Gasteiger partial charge in [0.15, 0.2) is 0 Å². The predicted molar refractivity (Wildman–Crippen MR) is 78.7 cm³/mol. The first-order chi connectivity index (χ1) is 9.49. The zero-order chi connectivity index (χ0) is 14.6. The van der Waals surface area contributed by atoms with Gasteiger partial charge in [0.2, 0.25) is 0 Å². The molecular weight excluding hydrogens is 296 g/mol. The van der Waals surface area contributed by atoms with Crippen molar-refractivity contribution in [2.24, 2.45) is 5.16 Å². The van der Waals surface area contributed by atoms with E-state index in [-0.39, 0.29) is 11.2 Å². The highest BCUT2D eigenvalue weighted by Crippen LogP contribution is 2.34. The molecule has 0 N–H and O–H groups in total. The number of hydrogen-bond donors (Lipinski definition) is 0. The van der Waals surface area contributed by atoms with Gasteiger partial charge in [-0.15, -0.1) is 0 Å². The van der Waals surface area contributed by atoms with Crippen LogP contribution in [0.15, 0.2) is 47.6 Å². The molecule has 0 amide bonds. The van der Waals surface area contributed by atoms with Gasteiger partial charge in [0.05, 0.1) is 18.2 Å². The molecule has 7 heteroatoms. The number of nitriles is 1. The normalized spacial score (nSPS) is 21.6. The molecule has 20 heavy (non-hydrogen) atoms. The fraction of sp³-hybridized carbons (Fsp3) is 0.231. The molecule has 1 heterocycles. The summed E-state index contributed by atoms with van der Waals surface area (Å²) < 4.78 is 26.1. The molecule has 1 aromatic carbocycles. The summed E-state index contributed by atoms with van der Waals surface area (Å²) in [6.07, 6.45) is 4.42.